The van der Waals surface area contributed by atoms with Crippen LogP contribution in [0.25, 0.3) is 6.08 Å². The summed E-state index contributed by atoms with van der Waals surface area (Å²) in [5.74, 6) is 0.237. The third-order valence-corrected chi connectivity index (χ3v) is 4.90. The van der Waals surface area contributed by atoms with Crippen molar-refractivity contribution in [2.24, 2.45) is 0 Å². The quantitative estimate of drug-likeness (QED) is 0.343. The van der Waals surface area contributed by atoms with E-state index in [0.717, 1.165) is 54.4 Å². The van der Waals surface area contributed by atoms with E-state index in [9.17, 15) is 4.79 Å². The minimum Gasteiger partial charge on any atom is -0.366 e. The zero-order chi connectivity index (χ0) is 19.1. The zero-order valence-corrected chi connectivity index (χ0v) is 18.1. The Hall–Kier alpha value is -1.83. The van der Waals surface area contributed by atoms with Crippen LogP contribution in [0, 0.1) is 0 Å². The first-order valence-electron chi connectivity index (χ1n) is 8.94. The molecular formula is C20H25Cl3N4O2. The molecule has 1 fully saturated rings. The molecular weight excluding hydrogens is 435 g/mol. The summed E-state index contributed by atoms with van der Waals surface area (Å²) in [6.45, 7) is 2.85. The van der Waals surface area contributed by atoms with Gasteiger partial charge >= 0.3 is 0 Å². The van der Waals surface area contributed by atoms with Crippen LogP contribution in [0.3, 0.4) is 0 Å². The van der Waals surface area contributed by atoms with E-state index in [4.69, 9.17) is 16.8 Å². The lowest BCUT2D eigenvalue weighted by Crippen LogP contribution is -2.41. The summed E-state index contributed by atoms with van der Waals surface area (Å²) in [6, 6.07) is 12.1. The Morgan fingerprint density at radius 2 is 2.07 bits per heavy atom. The van der Waals surface area contributed by atoms with Crippen molar-refractivity contribution < 1.29 is 10.0 Å². The number of likely N-dealkylation sites (tertiary alicyclic amines) is 1. The lowest BCUT2D eigenvalue weighted by atomic mass is 10.0. The summed E-state index contributed by atoms with van der Waals surface area (Å²) >= 11 is 6.28. The second kappa shape index (κ2) is 12.7. The molecule has 1 aromatic heterocycles. The fraction of sp³-hybridized carbons (Fsp3) is 0.300. The van der Waals surface area contributed by atoms with Crippen molar-refractivity contribution in [3.05, 3.63) is 64.8 Å². The molecule has 2 heterocycles. The van der Waals surface area contributed by atoms with Crippen LogP contribution >= 0.6 is 36.4 Å². The van der Waals surface area contributed by atoms with Crippen molar-refractivity contribution in [1.82, 2.24) is 15.4 Å². The number of hydrogen-bond acceptors (Lipinski definition) is 5. The van der Waals surface area contributed by atoms with Crippen LogP contribution < -0.4 is 10.8 Å². The molecule has 0 radical (unpaired) electrons. The predicted molar refractivity (Wildman–Crippen MR) is 121 cm³/mol. The van der Waals surface area contributed by atoms with Gasteiger partial charge < -0.3 is 5.32 Å². The Morgan fingerprint density at radius 3 is 2.76 bits per heavy atom. The van der Waals surface area contributed by atoms with E-state index in [-0.39, 0.29) is 24.8 Å². The number of carbonyl (C=O) groups excluding carboxylic acids is 1. The maximum Gasteiger partial charge on any atom is 0.267 e. The monoisotopic (exact) mass is 458 g/mol. The highest BCUT2D eigenvalue weighted by atomic mass is 35.5. The molecule has 0 saturated carbocycles. The highest BCUT2D eigenvalue weighted by Crippen LogP contribution is 2.21. The molecule has 1 aromatic carbocycles. The van der Waals surface area contributed by atoms with Gasteiger partial charge in [-0.3, -0.25) is 14.9 Å². The first-order valence-corrected chi connectivity index (χ1v) is 9.32. The number of aromatic nitrogens is 1. The van der Waals surface area contributed by atoms with Gasteiger partial charge in [0.15, 0.2) is 0 Å². The second-order valence-corrected chi connectivity index (χ2v) is 7.00. The molecule has 9 heteroatoms. The number of pyridine rings is 1. The van der Waals surface area contributed by atoms with Gasteiger partial charge in [0.25, 0.3) is 5.91 Å². The number of carbonyl (C=O) groups is 1. The number of amides is 1. The zero-order valence-electron chi connectivity index (χ0n) is 15.8. The number of piperidine rings is 1. The van der Waals surface area contributed by atoms with Crippen molar-refractivity contribution in [2.45, 2.75) is 25.4 Å². The molecule has 1 saturated heterocycles. The van der Waals surface area contributed by atoms with Crippen LogP contribution in [0.1, 0.15) is 24.0 Å². The Balaban J connectivity index is 0.00000210. The van der Waals surface area contributed by atoms with Gasteiger partial charge in [-0.15, -0.1) is 24.8 Å². The van der Waals surface area contributed by atoms with Crippen LogP contribution in [-0.4, -0.2) is 40.1 Å². The molecule has 0 spiro atoms. The highest BCUT2D eigenvalue weighted by molar-refractivity contribution is 6.31. The molecule has 0 unspecified atom stereocenters. The van der Waals surface area contributed by atoms with E-state index in [2.05, 4.69) is 21.3 Å². The highest BCUT2D eigenvalue weighted by Gasteiger charge is 2.20. The van der Waals surface area contributed by atoms with Gasteiger partial charge in [-0.25, -0.2) is 10.5 Å². The van der Waals surface area contributed by atoms with E-state index in [0.29, 0.717) is 6.04 Å². The maximum absolute atomic E-state index is 11.0. The van der Waals surface area contributed by atoms with E-state index in [1.807, 2.05) is 30.3 Å². The molecule has 29 heavy (non-hydrogen) atoms. The summed E-state index contributed by atoms with van der Waals surface area (Å²) in [6.07, 6.45) is 6.75. The number of hydroxylamine groups is 1. The third-order valence-electron chi connectivity index (χ3n) is 4.53. The predicted octanol–water partition coefficient (Wildman–Crippen LogP) is 4.17. The van der Waals surface area contributed by atoms with Gasteiger partial charge in [0, 0.05) is 36.4 Å². The molecule has 1 atom stereocenters. The summed E-state index contributed by atoms with van der Waals surface area (Å²) in [5, 5.41) is 12.8. The topological polar surface area (TPSA) is 77.5 Å². The Bertz CT molecular complexity index is 803. The van der Waals surface area contributed by atoms with Crippen LogP contribution in [-0.2, 0) is 11.3 Å². The number of anilines is 1. The lowest BCUT2D eigenvalue weighted by Gasteiger charge is -2.33. The fourth-order valence-electron chi connectivity index (χ4n) is 3.19. The van der Waals surface area contributed by atoms with Crippen LogP contribution in [0.15, 0.2) is 48.7 Å². The summed E-state index contributed by atoms with van der Waals surface area (Å²) in [7, 11) is 0. The maximum atomic E-state index is 11.0. The van der Waals surface area contributed by atoms with Gasteiger partial charge in [-0.05, 0) is 54.8 Å². The van der Waals surface area contributed by atoms with Gasteiger partial charge in [0.1, 0.15) is 5.82 Å². The van der Waals surface area contributed by atoms with E-state index < -0.39 is 5.91 Å². The molecule has 1 aliphatic rings. The summed E-state index contributed by atoms with van der Waals surface area (Å²) in [4.78, 5) is 17.8. The van der Waals surface area contributed by atoms with Gasteiger partial charge in [-0.2, -0.15) is 0 Å². The number of halogens is 3. The second-order valence-electron chi connectivity index (χ2n) is 6.60. The normalized spacial score (nSPS) is 16.6. The molecule has 2 aromatic rings. The number of nitrogens with one attached hydrogen (secondary N) is 2. The number of hydrogen-bond donors (Lipinski definition) is 3. The Kier molecular flexibility index (Phi) is 11.0. The van der Waals surface area contributed by atoms with Gasteiger partial charge in [0.05, 0.1) is 0 Å². The lowest BCUT2D eigenvalue weighted by molar-refractivity contribution is -0.124. The molecule has 1 amide bonds. The third kappa shape index (κ3) is 7.84. The number of benzene rings is 1. The van der Waals surface area contributed by atoms with E-state index in [1.165, 1.54) is 6.08 Å². The smallest absolute Gasteiger partial charge is 0.267 e. The van der Waals surface area contributed by atoms with Crippen LogP contribution in [0.2, 0.25) is 5.02 Å². The first kappa shape index (κ1) is 25.2. The van der Waals surface area contributed by atoms with E-state index >= 15 is 0 Å². The van der Waals surface area contributed by atoms with E-state index in [1.54, 1.807) is 17.8 Å². The average Bonchev–Trinajstić information content (AvgIpc) is 2.69. The largest absolute Gasteiger partial charge is 0.366 e. The molecule has 3 N–H and O–H groups in total. The molecule has 3 rings (SSSR count). The summed E-state index contributed by atoms with van der Waals surface area (Å²) < 4.78 is 0. The summed E-state index contributed by atoms with van der Waals surface area (Å²) in [5.41, 5.74) is 3.49. The Morgan fingerprint density at radius 1 is 1.28 bits per heavy atom. The fourth-order valence-corrected chi connectivity index (χ4v) is 3.39. The SMILES string of the molecule is Cl.Cl.O=C(/C=C/c1ccc(N[C@@H]2CCCN(Cc3ccccc3Cl)C2)nc1)NO. The minimum absolute atomic E-state index is 0. The number of rotatable bonds is 6. The van der Waals surface area contributed by atoms with Crippen molar-refractivity contribution >= 4 is 54.2 Å². The molecule has 0 aliphatic carbocycles. The first-order chi connectivity index (χ1) is 13.1. The molecule has 6 nitrogen and oxygen atoms in total. The average molecular weight is 460 g/mol. The van der Waals surface area contributed by atoms with Crippen LogP contribution in [0.4, 0.5) is 5.82 Å². The Labute approximate surface area is 188 Å². The van der Waals surface area contributed by atoms with Crippen molar-refractivity contribution in [3.63, 3.8) is 0 Å². The van der Waals surface area contributed by atoms with Crippen LogP contribution in [0.5, 0.6) is 0 Å². The van der Waals surface area contributed by atoms with Crippen molar-refractivity contribution in [3.8, 4) is 0 Å². The van der Waals surface area contributed by atoms with Crippen molar-refractivity contribution in [2.75, 3.05) is 18.4 Å². The molecule has 158 valence electrons. The minimum atomic E-state index is -0.571. The standard InChI is InChI=1S/C20H23ClN4O2.2ClH/c21-18-6-2-1-4-16(18)13-25-11-3-5-17(14-25)23-19-9-7-15(12-22-19)8-10-20(26)24-27;;/h1-2,4,6-10,12,17,27H,3,5,11,13-14H2,(H,22,23)(H,24,26);2*1H/b10-8+;;/t17-;;/m1../s1. The molecule has 0 bridgehead atoms. The van der Waals surface area contributed by atoms with Gasteiger partial charge in [-0.1, -0.05) is 29.8 Å². The van der Waals surface area contributed by atoms with Gasteiger partial charge in [0.2, 0.25) is 0 Å². The number of nitrogens with zero attached hydrogens (tertiary/aromatic N) is 2. The molecule has 1 aliphatic heterocycles. The van der Waals surface area contributed by atoms with Crippen molar-refractivity contribution in [1.29, 1.82) is 0 Å².